The Morgan fingerprint density at radius 3 is 2.37 bits per heavy atom. The summed E-state index contributed by atoms with van der Waals surface area (Å²) >= 11 is 1.82. The van der Waals surface area contributed by atoms with Crippen LogP contribution in [0.2, 0.25) is 0 Å². The number of thiophene rings is 1. The van der Waals surface area contributed by atoms with Crippen LogP contribution in [0.3, 0.4) is 0 Å². The number of halogens is 1. The monoisotopic (exact) mass is 277 g/mol. The standard InChI is InChI=1S/C16H20FNS/c1-4-15(13-6-8-14(17)9-7-13)18-12(3)16-10-5-11(2)19-16/h5-10,12,15,18H,4H2,1-3H3. The predicted molar refractivity (Wildman–Crippen MR) is 80.0 cm³/mol. The van der Waals surface area contributed by atoms with Crippen molar-refractivity contribution in [2.45, 2.75) is 39.3 Å². The van der Waals surface area contributed by atoms with E-state index in [0.29, 0.717) is 6.04 Å². The van der Waals surface area contributed by atoms with E-state index in [-0.39, 0.29) is 11.9 Å². The molecule has 0 fully saturated rings. The van der Waals surface area contributed by atoms with Crippen molar-refractivity contribution in [3.63, 3.8) is 0 Å². The molecule has 0 saturated carbocycles. The SMILES string of the molecule is CCC(NC(C)c1ccc(C)s1)c1ccc(F)cc1. The fourth-order valence-corrected chi connectivity index (χ4v) is 3.10. The van der Waals surface area contributed by atoms with Crippen LogP contribution in [0.25, 0.3) is 0 Å². The molecule has 102 valence electrons. The first kappa shape index (κ1) is 14.2. The maximum Gasteiger partial charge on any atom is 0.123 e. The van der Waals surface area contributed by atoms with Gasteiger partial charge in [0.2, 0.25) is 0 Å². The van der Waals surface area contributed by atoms with Crippen molar-refractivity contribution in [1.82, 2.24) is 5.32 Å². The zero-order valence-corrected chi connectivity index (χ0v) is 12.4. The molecular weight excluding hydrogens is 257 g/mol. The maximum atomic E-state index is 13.0. The summed E-state index contributed by atoms with van der Waals surface area (Å²) in [6.07, 6.45) is 0.986. The number of hydrogen-bond acceptors (Lipinski definition) is 2. The fourth-order valence-electron chi connectivity index (χ4n) is 2.21. The lowest BCUT2D eigenvalue weighted by atomic mass is 10.0. The third-order valence-electron chi connectivity index (χ3n) is 3.32. The normalized spacial score (nSPS) is 14.3. The molecule has 0 spiro atoms. The molecule has 0 amide bonds. The molecule has 1 aromatic heterocycles. The minimum absolute atomic E-state index is 0.180. The molecule has 3 heteroatoms. The quantitative estimate of drug-likeness (QED) is 0.811. The summed E-state index contributed by atoms with van der Waals surface area (Å²) in [7, 11) is 0. The Labute approximate surface area is 118 Å². The van der Waals surface area contributed by atoms with Crippen molar-refractivity contribution in [3.8, 4) is 0 Å². The predicted octanol–water partition coefficient (Wildman–Crippen LogP) is 5.00. The summed E-state index contributed by atoms with van der Waals surface area (Å²) in [6, 6.07) is 11.7. The third-order valence-corrected chi connectivity index (χ3v) is 4.50. The summed E-state index contributed by atoms with van der Waals surface area (Å²) in [4.78, 5) is 2.68. The van der Waals surface area contributed by atoms with Gasteiger partial charge in [-0.15, -0.1) is 11.3 Å². The van der Waals surface area contributed by atoms with Crippen LogP contribution in [0.4, 0.5) is 4.39 Å². The molecule has 2 rings (SSSR count). The Morgan fingerprint density at radius 2 is 1.84 bits per heavy atom. The summed E-state index contributed by atoms with van der Waals surface area (Å²) in [5.74, 6) is -0.180. The molecular formula is C16H20FNS. The van der Waals surface area contributed by atoms with E-state index in [9.17, 15) is 4.39 Å². The number of rotatable bonds is 5. The van der Waals surface area contributed by atoms with Crippen LogP contribution in [-0.4, -0.2) is 0 Å². The minimum Gasteiger partial charge on any atom is -0.303 e. The first-order valence-corrected chi connectivity index (χ1v) is 7.49. The zero-order chi connectivity index (χ0) is 13.8. The molecule has 19 heavy (non-hydrogen) atoms. The van der Waals surface area contributed by atoms with E-state index in [1.54, 1.807) is 0 Å². The first-order valence-electron chi connectivity index (χ1n) is 6.68. The zero-order valence-electron chi connectivity index (χ0n) is 11.6. The van der Waals surface area contributed by atoms with Crippen LogP contribution < -0.4 is 5.32 Å². The molecule has 0 bridgehead atoms. The molecule has 0 radical (unpaired) electrons. The highest BCUT2D eigenvalue weighted by Crippen LogP contribution is 2.26. The van der Waals surface area contributed by atoms with Crippen molar-refractivity contribution in [3.05, 3.63) is 57.5 Å². The highest BCUT2D eigenvalue weighted by Gasteiger charge is 2.14. The van der Waals surface area contributed by atoms with Gasteiger partial charge in [0, 0.05) is 21.8 Å². The number of aryl methyl sites for hydroxylation is 1. The fraction of sp³-hybridized carbons (Fsp3) is 0.375. The van der Waals surface area contributed by atoms with Crippen LogP contribution in [0, 0.1) is 12.7 Å². The Balaban J connectivity index is 2.08. The van der Waals surface area contributed by atoms with Gasteiger partial charge in [-0.2, -0.15) is 0 Å². The van der Waals surface area contributed by atoms with E-state index in [4.69, 9.17) is 0 Å². The van der Waals surface area contributed by atoms with Gasteiger partial charge < -0.3 is 5.32 Å². The number of hydrogen-bond donors (Lipinski definition) is 1. The Hall–Kier alpha value is -1.19. The molecule has 2 unspecified atom stereocenters. The number of nitrogens with one attached hydrogen (secondary N) is 1. The van der Waals surface area contributed by atoms with E-state index in [0.717, 1.165) is 12.0 Å². The van der Waals surface area contributed by atoms with Crippen molar-refractivity contribution in [1.29, 1.82) is 0 Å². The molecule has 0 aliphatic carbocycles. The summed E-state index contributed by atoms with van der Waals surface area (Å²) in [6.45, 7) is 6.45. The largest absolute Gasteiger partial charge is 0.303 e. The Morgan fingerprint density at radius 1 is 1.16 bits per heavy atom. The summed E-state index contributed by atoms with van der Waals surface area (Å²) in [5.41, 5.74) is 1.14. The van der Waals surface area contributed by atoms with Crippen molar-refractivity contribution >= 4 is 11.3 Å². The topological polar surface area (TPSA) is 12.0 Å². The van der Waals surface area contributed by atoms with E-state index >= 15 is 0 Å². The lowest BCUT2D eigenvalue weighted by Gasteiger charge is -2.22. The average Bonchev–Trinajstić information content (AvgIpc) is 2.84. The van der Waals surface area contributed by atoms with E-state index in [2.05, 4.69) is 38.2 Å². The van der Waals surface area contributed by atoms with Crippen molar-refractivity contribution in [2.75, 3.05) is 0 Å². The van der Waals surface area contributed by atoms with Gasteiger partial charge in [0.1, 0.15) is 5.82 Å². The second-order valence-electron chi connectivity index (χ2n) is 4.85. The molecule has 0 saturated heterocycles. The van der Waals surface area contributed by atoms with E-state index < -0.39 is 0 Å². The van der Waals surface area contributed by atoms with E-state index in [1.807, 2.05) is 23.5 Å². The van der Waals surface area contributed by atoms with Gasteiger partial charge in [0.15, 0.2) is 0 Å². The molecule has 1 heterocycles. The second-order valence-corrected chi connectivity index (χ2v) is 6.17. The minimum atomic E-state index is -0.180. The Bertz CT molecular complexity index is 518. The molecule has 1 N–H and O–H groups in total. The lowest BCUT2D eigenvalue weighted by Crippen LogP contribution is -2.23. The highest BCUT2D eigenvalue weighted by molar-refractivity contribution is 7.12. The van der Waals surface area contributed by atoms with Crippen molar-refractivity contribution in [2.24, 2.45) is 0 Å². The van der Waals surface area contributed by atoms with Gasteiger partial charge in [-0.1, -0.05) is 19.1 Å². The van der Waals surface area contributed by atoms with Crippen LogP contribution in [0.15, 0.2) is 36.4 Å². The maximum absolute atomic E-state index is 13.0. The molecule has 2 atom stereocenters. The first-order chi connectivity index (χ1) is 9.10. The summed E-state index contributed by atoms with van der Waals surface area (Å²) < 4.78 is 13.0. The average molecular weight is 277 g/mol. The van der Waals surface area contributed by atoms with Crippen LogP contribution in [0.1, 0.15) is 47.7 Å². The molecule has 1 nitrogen and oxygen atoms in total. The van der Waals surface area contributed by atoms with Gasteiger partial charge in [0.05, 0.1) is 0 Å². The van der Waals surface area contributed by atoms with E-state index in [1.165, 1.54) is 21.9 Å². The smallest absolute Gasteiger partial charge is 0.123 e. The van der Waals surface area contributed by atoms with Gasteiger partial charge in [-0.3, -0.25) is 0 Å². The van der Waals surface area contributed by atoms with Crippen LogP contribution >= 0.6 is 11.3 Å². The molecule has 0 aliphatic heterocycles. The molecule has 0 aliphatic rings. The van der Waals surface area contributed by atoms with Gasteiger partial charge in [0.25, 0.3) is 0 Å². The van der Waals surface area contributed by atoms with Crippen molar-refractivity contribution < 1.29 is 4.39 Å². The summed E-state index contributed by atoms with van der Waals surface area (Å²) in [5, 5.41) is 3.62. The molecule has 2 aromatic rings. The molecule has 1 aromatic carbocycles. The van der Waals surface area contributed by atoms with Crippen LogP contribution in [0.5, 0.6) is 0 Å². The highest BCUT2D eigenvalue weighted by atomic mass is 32.1. The third kappa shape index (κ3) is 3.64. The van der Waals surface area contributed by atoms with Crippen LogP contribution in [-0.2, 0) is 0 Å². The number of benzene rings is 1. The van der Waals surface area contributed by atoms with Gasteiger partial charge in [-0.25, -0.2) is 4.39 Å². The second kappa shape index (κ2) is 6.31. The van der Waals surface area contributed by atoms with Gasteiger partial charge in [-0.05, 0) is 50.1 Å². The lowest BCUT2D eigenvalue weighted by molar-refractivity contribution is 0.460. The van der Waals surface area contributed by atoms with Gasteiger partial charge >= 0.3 is 0 Å². The Kier molecular flexibility index (Phi) is 4.72.